The van der Waals surface area contributed by atoms with E-state index in [9.17, 15) is 20.4 Å². The lowest BCUT2D eigenvalue weighted by Gasteiger charge is -2.45. The van der Waals surface area contributed by atoms with Crippen molar-refractivity contribution in [1.82, 2.24) is 0 Å². The van der Waals surface area contributed by atoms with Gasteiger partial charge in [0.05, 0.1) is 25.3 Å². The van der Waals surface area contributed by atoms with Gasteiger partial charge in [0.2, 0.25) is 0 Å². The monoisotopic (exact) mass is 340 g/mol. The van der Waals surface area contributed by atoms with Gasteiger partial charge in [0.15, 0.2) is 12.6 Å². The fourth-order valence-electron chi connectivity index (χ4n) is 2.59. The van der Waals surface area contributed by atoms with Gasteiger partial charge in [0.1, 0.15) is 36.6 Å². The highest BCUT2D eigenvalue weighted by Gasteiger charge is 2.48. The Labute approximate surface area is 132 Å². The lowest BCUT2D eigenvalue weighted by molar-refractivity contribution is -0.358. The van der Waals surface area contributed by atoms with Gasteiger partial charge in [-0.3, -0.25) is 0 Å². The second kappa shape index (κ2) is 7.63. The zero-order chi connectivity index (χ0) is 17.3. The van der Waals surface area contributed by atoms with E-state index in [4.69, 9.17) is 35.9 Å². The standard InChI is InChI=1S/C12H24N2O9/c13-5-7(17)3(1-15)21-11(9(5)19)23-12-10(20)6(14)8(18)4(2-16)22-12/h3-12,15-20H,1-2,13-14H2/t3-,4-,5+,6+,7-,8-,9-,10-,11-,12+/m1/s1. The molecule has 2 fully saturated rings. The van der Waals surface area contributed by atoms with Gasteiger partial charge in [-0.15, -0.1) is 0 Å². The van der Waals surface area contributed by atoms with E-state index < -0.39 is 74.5 Å². The third-order valence-electron chi connectivity index (χ3n) is 4.14. The van der Waals surface area contributed by atoms with E-state index in [-0.39, 0.29) is 0 Å². The predicted octanol–water partition coefficient (Wildman–Crippen LogP) is -5.46. The topological polar surface area (TPSA) is 201 Å². The van der Waals surface area contributed by atoms with Crippen molar-refractivity contribution in [2.45, 2.75) is 61.3 Å². The van der Waals surface area contributed by atoms with Crippen LogP contribution in [0.4, 0.5) is 0 Å². The largest absolute Gasteiger partial charge is 0.394 e. The minimum atomic E-state index is -1.46. The first kappa shape index (κ1) is 18.9. The summed E-state index contributed by atoms with van der Waals surface area (Å²) in [6, 6.07) is -2.31. The van der Waals surface area contributed by atoms with E-state index in [2.05, 4.69) is 0 Å². The van der Waals surface area contributed by atoms with Crippen molar-refractivity contribution < 1.29 is 44.8 Å². The summed E-state index contributed by atoms with van der Waals surface area (Å²) in [6.07, 6.45) is -10.5. The van der Waals surface area contributed by atoms with Crippen LogP contribution in [0.25, 0.3) is 0 Å². The van der Waals surface area contributed by atoms with Gasteiger partial charge in [-0.1, -0.05) is 0 Å². The first-order chi connectivity index (χ1) is 10.8. The molecule has 11 nitrogen and oxygen atoms in total. The van der Waals surface area contributed by atoms with Crippen LogP contribution >= 0.6 is 0 Å². The van der Waals surface area contributed by atoms with Gasteiger partial charge < -0.3 is 56.3 Å². The first-order valence-corrected chi connectivity index (χ1v) is 7.23. The summed E-state index contributed by atoms with van der Waals surface area (Å²) < 4.78 is 15.7. The van der Waals surface area contributed by atoms with E-state index in [1.54, 1.807) is 0 Å². The average molecular weight is 340 g/mol. The summed E-state index contributed by atoms with van der Waals surface area (Å²) in [5.74, 6) is 0. The molecular weight excluding hydrogens is 316 g/mol. The molecule has 10 N–H and O–H groups in total. The maximum absolute atomic E-state index is 10.00. The molecule has 23 heavy (non-hydrogen) atoms. The van der Waals surface area contributed by atoms with Crippen molar-refractivity contribution in [3.05, 3.63) is 0 Å². The molecule has 2 aliphatic rings. The van der Waals surface area contributed by atoms with Crippen molar-refractivity contribution in [1.29, 1.82) is 0 Å². The number of nitrogens with two attached hydrogens (primary N) is 2. The van der Waals surface area contributed by atoms with E-state index in [0.29, 0.717) is 0 Å². The minimum absolute atomic E-state index is 0.562. The molecule has 2 heterocycles. The number of aliphatic hydroxyl groups is 6. The summed E-state index contributed by atoms with van der Waals surface area (Å²) in [7, 11) is 0. The van der Waals surface area contributed by atoms with E-state index >= 15 is 0 Å². The van der Waals surface area contributed by atoms with Gasteiger partial charge in [0.25, 0.3) is 0 Å². The molecule has 10 atom stereocenters. The van der Waals surface area contributed by atoms with Gasteiger partial charge in [-0.25, -0.2) is 0 Å². The van der Waals surface area contributed by atoms with Crippen molar-refractivity contribution in [2.24, 2.45) is 11.5 Å². The third kappa shape index (κ3) is 3.65. The van der Waals surface area contributed by atoms with Crippen LogP contribution in [-0.2, 0) is 14.2 Å². The number of rotatable bonds is 4. The van der Waals surface area contributed by atoms with Gasteiger partial charge in [-0.05, 0) is 0 Å². The molecule has 0 spiro atoms. The molecule has 2 aliphatic heterocycles. The third-order valence-corrected chi connectivity index (χ3v) is 4.14. The second-order valence-corrected chi connectivity index (χ2v) is 5.70. The molecular formula is C12H24N2O9. The lowest BCUT2D eigenvalue weighted by atomic mass is 9.96. The maximum Gasteiger partial charge on any atom is 0.188 e. The summed E-state index contributed by atoms with van der Waals surface area (Å²) in [6.45, 7) is -1.12. The van der Waals surface area contributed by atoms with Crippen LogP contribution in [0.15, 0.2) is 0 Å². The molecule has 0 aromatic carbocycles. The summed E-state index contributed by atoms with van der Waals surface area (Å²) >= 11 is 0. The predicted molar refractivity (Wildman–Crippen MR) is 72.6 cm³/mol. The van der Waals surface area contributed by atoms with E-state index in [1.807, 2.05) is 0 Å². The van der Waals surface area contributed by atoms with Crippen LogP contribution in [0.1, 0.15) is 0 Å². The fraction of sp³-hybridized carbons (Fsp3) is 1.00. The Balaban J connectivity index is 2.07. The Kier molecular flexibility index (Phi) is 6.27. The zero-order valence-corrected chi connectivity index (χ0v) is 12.3. The Bertz CT molecular complexity index is 352. The summed E-state index contributed by atoms with van der Waals surface area (Å²) in [5.41, 5.74) is 11.3. The van der Waals surface area contributed by atoms with Crippen molar-refractivity contribution in [3.63, 3.8) is 0 Å². The molecule has 136 valence electrons. The maximum atomic E-state index is 10.00. The molecule has 2 saturated heterocycles. The Morgan fingerprint density at radius 2 is 1.04 bits per heavy atom. The van der Waals surface area contributed by atoms with Crippen molar-refractivity contribution in [2.75, 3.05) is 13.2 Å². The highest BCUT2D eigenvalue weighted by atomic mass is 16.8. The van der Waals surface area contributed by atoms with Crippen molar-refractivity contribution >= 4 is 0 Å². The smallest absolute Gasteiger partial charge is 0.188 e. The van der Waals surface area contributed by atoms with Gasteiger partial charge in [0, 0.05) is 0 Å². The number of hydrogen-bond donors (Lipinski definition) is 8. The molecule has 0 saturated carbocycles. The second-order valence-electron chi connectivity index (χ2n) is 5.70. The average Bonchev–Trinajstić information content (AvgIpc) is 2.55. The van der Waals surface area contributed by atoms with Crippen LogP contribution in [-0.4, -0.2) is 105 Å². The Hall–Kier alpha value is -0.440. The highest BCUT2D eigenvalue weighted by molar-refractivity contribution is 4.95. The fourth-order valence-corrected chi connectivity index (χ4v) is 2.59. The number of aliphatic hydroxyl groups excluding tert-OH is 6. The van der Waals surface area contributed by atoms with E-state index in [0.717, 1.165) is 0 Å². The first-order valence-electron chi connectivity index (χ1n) is 7.23. The molecule has 0 aromatic heterocycles. The number of ether oxygens (including phenoxy) is 3. The zero-order valence-electron chi connectivity index (χ0n) is 12.3. The van der Waals surface area contributed by atoms with Crippen LogP contribution in [0.5, 0.6) is 0 Å². The van der Waals surface area contributed by atoms with Crippen molar-refractivity contribution in [3.8, 4) is 0 Å². The summed E-state index contributed by atoms with van der Waals surface area (Å²) in [4.78, 5) is 0. The highest BCUT2D eigenvalue weighted by Crippen LogP contribution is 2.26. The van der Waals surface area contributed by atoms with Crippen LogP contribution in [0.3, 0.4) is 0 Å². The SMILES string of the molecule is N[C@@H]1[C@@H](O)[C@H](O[C@H]2O[C@H](CO)[C@@H](O)[C@H](N)[C@H]2O)O[C@H](CO)[C@H]1O. The molecule has 0 bridgehead atoms. The normalized spacial score (nSPS) is 51.7. The quantitative estimate of drug-likeness (QED) is 0.242. The summed E-state index contributed by atoms with van der Waals surface area (Å²) in [5, 5.41) is 57.8. The molecule has 0 radical (unpaired) electrons. The van der Waals surface area contributed by atoms with Gasteiger partial charge in [-0.2, -0.15) is 0 Å². The molecule has 0 aliphatic carbocycles. The molecule has 0 unspecified atom stereocenters. The Morgan fingerprint density at radius 1 is 0.696 bits per heavy atom. The molecule has 0 amide bonds. The molecule has 0 aromatic rings. The molecule has 2 rings (SSSR count). The van der Waals surface area contributed by atoms with Crippen LogP contribution in [0, 0.1) is 0 Å². The van der Waals surface area contributed by atoms with Crippen LogP contribution in [0.2, 0.25) is 0 Å². The minimum Gasteiger partial charge on any atom is -0.394 e. The van der Waals surface area contributed by atoms with Crippen LogP contribution < -0.4 is 11.5 Å². The Morgan fingerprint density at radius 3 is 1.35 bits per heavy atom. The molecule has 11 heteroatoms. The van der Waals surface area contributed by atoms with Gasteiger partial charge >= 0.3 is 0 Å². The van der Waals surface area contributed by atoms with E-state index in [1.165, 1.54) is 0 Å². The number of hydrogen-bond acceptors (Lipinski definition) is 11. The lowest BCUT2D eigenvalue weighted by Crippen LogP contribution is -2.66.